The summed E-state index contributed by atoms with van der Waals surface area (Å²) in [7, 11) is -2.14. The largest absolute Gasteiger partial charge is 0.441 e. The first-order valence-corrected chi connectivity index (χ1v) is 10.3. The molecule has 3 aromatic rings. The summed E-state index contributed by atoms with van der Waals surface area (Å²) in [4.78, 5) is 23.9. The molecule has 0 aliphatic rings. The second-order valence-corrected chi connectivity index (χ2v) is 7.69. The summed E-state index contributed by atoms with van der Waals surface area (Å²) in [6.07, 6.45) is 4.20. The summed E-state index contributed by atoms with van der Waals surface area (Å²) < 4.78 is 47.3. The highest BCUT2D eigenvalue weighted by molar-refractivity contribution is 7.86. The lowest BCUT2D eigenvalue weighted by molar-refractivity contribution is 0.118. The van der Waals surface area contributed by atoms with Crippen molar-refractivity contribution >= 4 is 22.0 Å². The third kappa shape index (κ3) is 5.05. The Morgan fingerprint density at radius 1 is 1.23 bits per heavy atom. The van der Waals surface area contributed by atoms with Crippen molar-refractivity contribution in [3.8, 4) is 17.1 Å². The fraction of sp³-hybridized carbons (Fsp3) is 0.235. The lowest BCUT2D eigenvalue weighted by Gasteiger charge is -2.15. The highest BCUT2D eigenvalue weighted by Gasteiger charge is 2.20. The van der Waals surface area contributed by atoms with E-state index in [1.165, 1.54) is 48.5 Å². The molecule has 0 saturated carbocycles. The number of nitrogens with zero attached hydrogens (tertiary/aromatic N) is 5. The Balaban J connectivity index is 1.76. The van der Waals surface area contributed by atoms with E-state index in [1.807, 2.05) is 0 Å². The highest BCUT2D eigenvalue weighted by atomic mass is 32.2. The molecule has 158 valence electrons. The van der Waals surface area contributed by atoms with Gasteiger partial charge in [0.25, 0.3) is 0 Å². The van der Waals surface area contributed by atoms with Crippen LogP contribution in [-0.4, -0.2) is 45.5 Å². The van der Waals surface area contributed by atoms with Gasteiger partial charge in [-0.2, -0.15) is 17.9 Å². The van der Waals surface area contributed by atoms with Gasteiger partial charge in [0.15, 0.2) is 11.6 Å². The van der Waals surface area contributed by atoms with Crippen LogP contribution in [0.15, 0.2) is 36.9 Å². The number of nitrogens with one attached hydrogen (secondary N) is 1. The van der Waals surface area contributed by atoms with Crippen LogP contribution in [0.3, 0.4) is 0 Å². The lowest BCUT2D eigenvalue weighted by atomic mass is 10.2. The molecule has 0 aliphatic heterocycles. The van der Waals surface area contributed by atoms with E-state index in [9.17, 15) is 17.6 Å². The van der Waals surface area contributed by atoms with Gasteiger partial charge >= 0.3 is 16.2 Å². The number of hydrogen-bond acceptors (Lipinski definition) is 9. The van der Waals surface area contributed by atoms with Gasteiger partial charge in [-0.25, -0.2) is 19.7 Å². The molecule has 13 heteroatoms. The molecule has 30 heavy (non-hydrogen) atoms. The maximum atomic E-state index is 13.8. The molecule has 0 aromatic carbocycles. The van der Waals surface area contributed by atoms with Crippen LogP contribution in [0.25, 0.3) is 11.4 Å². The van der Waals surface area contributed by atoms with Crippen molar-refractivity contribution < 1.29 is 26.5 Å². The number of aryl methyl sites for hydroxylation is 1. The summed E-state index contributed by atoms with van der Waals surface area (Å²) in [6, 6.07) is 2.99. The van der Waals surface area contributed by atoms with Crippen LogP contribution in [-0.2, 0) is 21.9 Å². The zero-order valence-corrected chi connectivity index (χ0v) is 16.9. The van der Waals surface area contributed by atoms with E-state index in [-0.39, 0.29) is 23.0 Å². The number of carbonyl (C=O) groups is 1. The molecule has 0 aliphatic carbocycles. The van der Waals surface area contributed by atoms with E-state index < -0.39 is 28.3 Å². The third-order valence-electron chi connectivity index (χ3n) is 3.79. The van der Waals surface area contributed by atoms with Crippen molar-refractivity contribution in [2.45, 2.75) is 13.0 Å². The molecule has 11 nitrogen and oxygen atoms in total. The van der Waals surface area contributed by atoms with Crippen LogP contribution in [0.1, 0.15) is 18.6 Å². The summed E-state index contributed by atoms with van der Waals surface area (Å²) in [6.45, 7) is 1.51. The molecule has 0 spiro atoms. The Morgan fingerprint density at radius 3 is 2.57 bits per heavy atom. The smallest absolute Gasteiger partial charge is 0.413 e. The fourth-order valence-corrected chi connectivity index (χ4v) is 2.91. The molecular weight excluding hydrogens is 419 g/mol. The lowest BCUT2D eigenvalue weighted by Crippen LogP contribution is -2.19. The van der Waals surface area contributed by atoms with Gasteiger partial charge in [-0.15, -0.1) is 0 Å². The zero-order valence-electron chi connectivity index (χ0n) is 16.1. The third-order valence-corrected chi connectivity index (χ3v) is 4.28. The summed E-state index contributed by atoms with van der Waals surface area (Å²) in [5.74, 6) is -0.420. The second kappa shape index (κ2) is 8.41. The molecule has 0 fully saturated rings. The summed E-state index contributed by atoms with van der Waals surface area (Å²) >= 11 is 0. The number of pyridine rings is 1. The molecule has 1 amide bonds. The minimum Gasteiger partial charge on any atom is -0.441 e. The van der Waals surface area contributed by atoms with Crippen LogP contribution in [0.5, 0.6) is 5.75 Å². The molecule has 1 atom stereocenters. The maximum Gasteiger partial charge on any atom is 0.413 e. The second-order valence-electron chi connectivity index (χ2n) is 6.12. The van der Waals surface area contributed by atoms with Crippen molar-refractivity contribution in [1.29, 1.82) is 0 Å². The number of anilines is 1. The van der Waals surface area contributed by atoms with Crippen LogP contribution >= 0.6 is 0 Å². The molecule has 0 radical (unpaired) electrons. The molecule has 3 heterocycles. The van der Waals surface area contributed by atoms with Gasteiger partial charge in [-0.3, -0.25) is 10.00 Å². The van der Waals surface area contributed by atoms with E-state index in [0.29, 0.717) is 5.56 Å². The monoisotopic (exact) mass is 436 g/mol. The molecule has 1 N–H and O–H groups in total. The molecule has 3 rings (SSSR count). The Labute approximate surface area is 171 Å². The quantitative estimate of drug-likeness (QED) is 0.454. The average Bonchev–Trinajstić information content (AvgIpc) is 3.02. The standard InChI is InChI=1S/C17H17FN6O5S/c1-10(12-5-4-6-19-14(12)18)28-17(25)23-16-13(9-22-24(16)2)15-20-7-11(8-21-15)29-30(3,26)27/h4-10H,1-3H3,(H,23,25)/t10-/m1/s1. The highest BCUT2D eigenvalue weighted by Crippen LogP contribution is 2.26. The Hall–Kier alpha value is -3.61. The van der Waals surface area contributed by atoms with Gasteiger partial charge in [-0.05, 0) is 19.1 Å². The average molecular weight is 436 g/mol. The molecular formula is C17H17FN6O5S. The van der Waals surface area contributed by atoms with Gasteiger partial charge in [-0.1, -0.05) is 0 Å². The number of carbonyl (C=O) groups excluding carboxylic acids is 1. The number of halogens is 1. The number of hydrogen-bond donors (Lipinski definition) is 1. The Bertz CT molecular complexity index is 1170. The minimum absolute atomic E-state index is 0.0635. The topological polar surface area (TPSA) is 138 Å². The first-order valence-electron chi connectivity index (χ1n) is 8.46. The van der Waals surface area contributed by atoms with Gasteiger partial charge in [0.05, 0.1) is 30.4 Å². The predicted molar refractivity (Wildman–Crippen MR) is 102 cm³/mol. The molecule has 0 saturated heterocycles. The Kier molecular flexibility index (Phi) is 5.91. The number of ether oxygens (including phenoxy) is 1. The van der Waals surface area contributed by atoms with Gasteiger partial charge in [0.1, 0.15) is 11.9 Å². The molecule has 0 unspecified atom stereocenters. The first kappa shape index (κ1) is 21.1. The van der Waals surface area contributed by atoms with Gasteiger partial charge in [0.2, 0.25) is 5.95 Å². The van der Waals surface area contributed by atoms with Crippen molar-refractivity contribution in [3.05, 3.63) is 48.4 Å². The van der Waals surface area contributed by atoms with E-state index in [1.54, 1.807) is 7.05 Å². The maximum absolute atomic E-state index is 13.8. The number of rotatable bonds is 6. The number of aromatic nitrogens is 5. The van der Waals surface area contributed by atoms with E-state index >= 15 is 0 Å². The summed E-state index contributed by atoms with van der Waals surface area (Å²) in [5, 5.41) is 6.57. The summed E-state index contributed by atoms with van der Waals surface area (Å²) in [5.41, 5.74) is 0.475. The van der Waals surface area contributed by atoms with Crippen LogP contribution in [0.2, 0.25) is 0 Å². The van der Waals surface area contributed by atoms with E-state index in [0.717, 1.165) is 6.26 Å². The van der Waals surface area contributed by atoms with Crippen molar-refractivity contribution in [1.82, 2.24) is 24.7 Å². The first-order chi connectivity index (χ1) is 14.1. The van der Waals surface area contributed by atoms with Crippen LogP contribution in [0.4, 0.5) is 15.0 Å². The molecule has 0 bridgehead atoms. The molecule has 3 aromatic heterocycles. The van der Waals surface area contributed by atoms with Crippen molar-refractivity contribution in [2.24, 2.45) is 7.05 Å². The van der Waals surface area contributed by atoms with E-state index in [4.69, 9.17) is 4.74 Å². The predicted octanol–water partition coefficient (Wildman–Crippen LogP) is 2.06. The van der Waals surface area contributed by atoms with Crippen molar-refractivity contribution in [2.75, 3.05) is 11.6 Å². The normalized spacial score (nSPS) is 12.3. The SMILES string of the molecule is C[C@@H](OC(=O)Nc1c(-c2ncc(OS(C)(=O)=O)cn2)cnn1C)c1cccnc1F. The van der Waals surface area contributed by atoms with Crippen LogP contribution in [0, 0.1) is 5.95 Å². The minimum atomic E-state index is -3.71. The van der Waals surface area contributed by atoms with Crippen molar-refractivity contribution in [3.63, 3.8) is 0 Å². The van der Waals surface area contributed by atoms with E-state index in [2.05, 4.69) is 29.6 Å². The zero-order chi connectivity index (χ0) is 21.9. The number of amides is 1. The van der Waals surface area contributed by atoms with Crippen LogP contribution < -0.4 is 9.50 Å². The Morgan fingerprint density at radius 2 is 1.93 bits per heavy atom. The van der Waals surface area contributed by atoms with Gasteiger partial charge < -0.3 is 8.92 Å². The van der Waals surface area contributed by atoms with Gasteiger partial charge in [0, 0.05) is 18.8 Å². The fourth-order valence-electron chi connectivity index (χ4n) is 2.47.